The van der Waals surface area contributed by atoms with Crippen LogP contribution >= 0.6 is 0 Å². The standard InChI is InChI=1S/C11H22N2O3/c1-7(2)16-8(3)4-9(5-10(12)14)6-11(13)15/h7-9H,4-6H2,1-3H3,(H2,12,14)(H2,13,15). The molecule has 4 N–H and O–H groups in total. The van der Waals surface area contributed by atoms with Crippen LogP contribution < -0.4 is 11.5 Å². The van der Waals surface area contributed by atoms with Gasteiger partial charge in [0.05, 0.1) is 12.2 Å². The summed E-state index contributed by atoms with van der Waals surface area (Å²) in [6.45, 7) is 5.79. The molecule has 16 heavy (non-hydrogen) atoms. The lowest BCUT2D eigenvalue weighted by Crippen LogP contribution is -2.26. The van der Waals surface area contributed by atoms with E-state index in [4.69, 9.17) is 16.2 Å². The van der Waals surface area contributed by atoms with Crippen LogP contribution in [0.1, 0.15) is 40.0 Å². The summed E-state index contributed by atoms with van der Waals surface area (Å²) < 4.78 is 5.54. The predicted molar refractivity (Wildman–Crippen MR) is 61.4 cm³/mol. The number of carbonyl (C=O) groups excluding carboxylic acids is 2. The van der Waals surface area contributed by atoms with Crippen molar-refractivity contribution in [1.29, 1.82) is 0 Å². The maximum atomic E-state index is 10.8. The van der Waals surface area contributed by atoms with Crippen LogP contribution in [0.5, 0.6) is 0 Å². The summed E-state index contributed by atoms with van der Waals surface area (Å²) in [5.41, 5.74) is 10.2. The first-order chi connectivity index (χ1) is 7.31. The Labute approximate surface area is 96.5 Å². The third kappa shape index (κ3) is 8.23. The molecule has 1 atom stereocenters. The van der Waals surface area contributed by atoms with E-state index >= 15 is 0 Å². The van der Waals surface area contributed by atoms with Gasteiger partial charge in [-0.2, -0.15) is 0 Å². The number of nitrogens with two attached hydrogens (primary N) is 2. The van der Waals surface area contributed by atoms with Crippen molar-refractivity contribution in [2.45, 2.75) is 52.2 Å². The van der Waals surface area contributed by atoms with Gasteiger partial charge >= 0.3 is 0 Å². The zero-order chi connectivity index (χ0) is 12.7. The Kier molecular flexibility index (Phi) is 6.72. The van der Waals surface area contributed by atoms with Gasteiger partial charge in [-0.3, -0.25) is 9.59 Å². The monoisotopic (exact) mass is 230 g/mol. The predicted octanol–water partition coefficient (Wildman–Crippen LogP) is 0.557. The topological polar surface area (TPSA) is 95.4 Å². The molecule has 0 aromatic heterocycles. The number of amides is 2. The van der Waals surface area contributed by atoms with Crippen molar-refractivity contribution in [2.75, 3.05) is 0 Å². The molecule has 0 aliphatic heterocycles. The Balaban J connectivity index is 4.18. The fourth-order valence-corrected chi connectivity index (χ4v) is 1.80. The molecule has 0 bridgehead atoms. The van der Waals surface area contributed by atoms with Crippen LogP contribution in [-0.2, 0) is 14.3 Å². The highest BCUT2D eigenvalue weighted by Gasteiger charge is 2.18. The fraction of sp³-hybridized carbons (Fsp3) is 0.818. The largest absolute Gasteiger partial charge is 0.376 e. The summed E-state index contributed by atoms with van der Waals surface area (Å²) in [5, 5.41) is 0. The van der Waals surface area contributed by atoms with Crippen LogP contribution in [0.3, 0.4) is 0 Å². The van der Waals surface area contributed by atoms with Crippen LogP contribution in [-0.4, -0.2) is 24.0 Å². The number of primary amides is 2. The lowest BCUT2D eigenvalue weighted by Gasteiger charge is -2.21. The molecular formula is C11H22N2O3. The van der Waals surface area contributed by atoms with E-state index in [-0.39, 0.29) is 31.0 Å². The number of hydrogen-bond acceptors (Lipinski definition) is 3. The number of ether oxygens (including phenoxy) is 1. The quantitative estimate of drug-likeness (QED) is 0.637. The zero-order valence-corrected chi connectivity index (χ0v) is 10.2. The second-order valence-electron chi connectivity index (χ2n) is 4.44. The summed E-state index contributed by atoms with van der Waals surface area (Å²) >= 11 is 0. The molecule has 0 aliphatic carbocycles. The summed E-state index contributed by atoms with van der Waals surface area (Å²) in [6, 6.07) is 0. The van der Waals surface area contributed by atoms with Crippen LogP contribution in [0.15, 0.2) is 0 Å². The molecule has 2 amide bonds. The molecule has 0 saturated heterocycles. The van der Waals surface area contributed by atoms with Gasteiger partial charge in [0, 0.05) is 12.8 Å². The van der Waals surface area contributed by atoms with E-state index < -0.39 is 11.8 Å². The van der Waals surface area contributed by atoms with Crippen LogP contribution in [0.4, 0.5) is 0 Å². The Bertz CT molecular complexity index is 225. The molecule has 0 heterocycles. The van der Waals surface area contributed by atoms with E-state index in [1.807, 2.05) is 20.8 Å². The molecule has 1 unspecified atom stereocenters. The molecule has 5 heteroatoms. The highest BCUT2D eigenvalue weighted by molar-refractivity contribution is 5.77. The highest BCUT2D eigenvalue weighted by atomic mass is 16.5. The first-order valence-corrected chi connectivity index (χ1v) is 5.53. The van der Waals surface area contributed by atoms with Gasteiger partial charge in [-0.05, 0) is 33.1 Å². The smallest absolute Gasteiger partial charge is 0.217 e. The van der Waals surface area contributed by atoms with Gasteiger partial charge in [-0.15, -0.1) is 0 Å². The highest BCUT2D eigenvalue weighted by Crippen LogP contribution is 2.17. The number of carbonyl (C=O) groups is 2. The van der Waals surface area contributed by atoms with E-state index in [0.717, 1.165) is 0 Å². The van der Waals surface area contributed by atoms with Gasteiger partial charge in [-0.1, -0.05) is 0 Å². The van der Waals surface area contributed by atoms with Crippen molar-refractivity contribution < 1.29 is 14.3 Å². The van der Waals surface area contributed by atoms with Crippen molar-refractivity contribution in [3.8, 4) is 0 Å². The molecule has 0 spiro atoms. The van der Waals surface area contributed by atoms with Gasteiger partial charge in [0.25, 0.3) is 0 Å². The van der Waals surface area contributed by atoms with Crippen LogP contribution in [0, 0.1) is 5.92 Å². The van der Waals surface area contributed by atoms with Crippen LogP contribution in [0.25, 0.3) is 0 Å². The van der Waals surface area contributed by atoms with E-state index in [1.54, 1.807) is 0 Å². The van der Waals surface area contributed by atoms with E-state index in [2.05, 4.69) is 0 Å². The lowest BCUT2D eigenvalue weighted by molar-refractivity contribution is -0.121. The Morgan fingerprint density at radius 2 is 1.50 bits per heavy atom. The van der Waals surface area contributed by atoms with E-state index in [1.165, 1.54) is 0 Å². The second-order valence-corrected chi connectivity index (χ2v) is 4.44. The number of rotatable bonds is 8. The van der Waals surface area contributed by atoms with Gasteiger partial charge in [0.15, 0.2) is 0 Å². The SMILES string of the molecule is CC(C)OC(C)CC(CC(N)=O)CC(N)=O. The summed E-state index contributed by atoms with van der Waals surface area (Å²) in [4.78, 5) is 21.6. The summed E-state index contributed by atoms with van der Waals surface area (Å²) in [6.07, 6.45) is 1.08. The Morgan fingerprint density at radius 3 is 1.81 bits per heavy atom. The van der Waals surface area contributed by atoms with Gasteiger partial charge in [0.2, 0.25) is 11.8 Å². The van der Waals surface area contributed by atoms with Crippen molar-refractivity contribution in [2.24, 2.45) is 17.4 Å². The lowest BCUT2D eigenvalue weighted by atomic mass is 9.94. The zero-order valence-electron chi connectivity index (χ0n) is 10.2. The average Bonchev–Trinajstić information content (AvgIpc) is 1.97. The van der Waals surface area contributed by atoms with Gasteiger partial charge in [0.1, 0.15) is 0 Å². The summed E-state index contributed by atoms with van der Waals surface area (Å²) in [5.74, 6) is -0.949. The minimum absolute atomic E-state index is 0.0105. The van der Waals surface area contributed by atoms with Crippen molar-refractivity contribution >= 4 is 11.8 Å². The van der Waals surface area contributed by atoms with Crippen LogP contribution in [0.2, 0.25) is 0 Å². The number of hydrogen-bond donors (Lipinski definition) is 2. The molecule has 0 radical (unpaired) electrons. The normalized spacial score (nSPS) is 13.1. The van der Waals surface area contributed by atoms with Gasteiger partial charge in [-0.25, -0.2) is 0 Å². The minimum Gasteiger partial charge on any atom is -0.376 e. The average molecular weight is 230 g/mol. The second kappa shape index (κ2) is 7.22. The first kappa shape index (κ1) is 14.9. The Morgan fingerprint density at radius 1 is 1.06 bits per heavy atom. The maximum absolute atomic E-state index is 10.8. The van der Waals surface area contributed by atoms with Crippen molar-refractivity contribution in [3.05, 3.63) is 0 Å². The third-order valence-electron chi connectivity index (χ3n) is 2.15. The fourth-order valence-electron chi connectivity index (χ4n) is 1.80. The first-order valence-electron chi connectivity index (χ1n) is 5.53. The molecule has 0 aromatic rings. The molecule has 0 aromatic carbocycles. The maximum Gasteiger partial charge on any atom is 0.217 e. The van der Waals surface area contributed by atoms with Crippen molar-refractivity contribution in [1.82, 2.24) is 0 Å². The molecule has 0 aliphatic rings. The van der Waals surface area contributed by atoms with Gasteiger partial charge < -0.3 is 16.2 Å². The van der Waals surface area contributed by atoms with Crippen molar-refractivity contribution in [3.63, 3.8) is 0 Å². The molecule has 0 saturated carbocycles. The molecule has 94 valence electrons. The van der Waals surface area contributed by atoms with E-state index in [0.29, 0.717) is 6.42 Å². The summed E-state index contributed by atoms with van der Waals surface area (Å²) in [7, 11) is 0. The molecule has 0 fully saturated rings. The third-order valence-corrected chi connectivity index (χ3v) is 2.15. The minimum atomic E-state index is -0.414. The molecular weight excluding hydrogens is 208 g/mol. The van der Waals surface area contributed by atoms with E-state index in [9.17, 15) is 9.59 Å². The molecule has 0 rings (SSSR count). The molecule has 5 nitrogen and oxygen atoms in total. The Hall–Kier alpha value is -1.10.